The van der Waals surface area contributed by atoms with Crippen molar-refractivity contribution in [1.82, 2.24) is 0 Å². The summed E-state index contributed by atoms with van der Waals surface area (Å²) < 4.78 is 13.7. The second kappa shape index (κ2) is 4.73. The maximum atomic E-state index is 6.42. The lowest BCUT2D eigenvalue weighted by Crippen LogP contribution is -2.46. The lowest BCUT2D eigenvalue weighted by Gasteiger charge is -2.48. The van der Waals surface area contributed by atoms with Gasteiger partial charge in [0.05, 0.1) is 12.2 Å². The number of hydrogen-bond donors (Lipinski definition) is 0. The van der Waals surface area contributed by atoms with Gasteiger partial charge in [0, 0.05) is 15.3 Å². The largest absolute Gasteiger partial charge is 0.457 e. The van der Waals surface area contributed by atoms with Crippen molar-refractivity contribution in [2.45, 2.75) is 24.9 Å². The second-order valence-corrected chi connectivity index (χ2v) is 7.99. The number of alkyl halides is 1. The highest BCUT2D eigenvalue weighted by molar-refractivity contribution is 14.1. The van der Waals surface area contributed by atoms with E-state index in [1.807, 2.05) is 36.4 Å². The second-order valence-electron chi connectivity index (χ2n) is 7.23. The van der Waals surface area contributed by atoms with E-state index in [2.05, 4.69) is 40.8 Å². The molecule has 3 atom stereocenters. The molecule has 1 heterocycles. The Bertz CT molecular complexity index is 757. The first-order valence-corrected chi connectivity index (χ1v) is 9.80. The molecule has 3 unspecified atom stereocenters. The number of para-hydroxylation sites is 1. The minimum absolute atomic E-state index is 0.0474. The summed E-state index contributed by atoms with van der Waals surface area (Å²) in [4.78, 5) is 0. The molecule has 3 heteroatoms. The molecule has 0 radical (unpaired) electrons. The predicted molar refractivity (Wildman–Crippen MR) is 98.2 cm³/mol. The summed E-state index contributed by atoms with van der Waals surface area (Å²) >= 11 is 2.54. The monoisotopic (exact) mass is 418 g/mol. The summed E-state index contributed by atoms with van der Waals surface area (Å²) in [6.07, 6.45) is 3.81. The summed E-state index contributed by atoms with van der Waals surface area (Å²) in [6.45, 7) is 0.930. The van der Waals surface area contributed by atoms with Gasteiger partial charge in [-0.2, -0.15) is 0 Å². The molecule has 1 spiro atoms. The van der Waals surface area contributed by atoms with Gasteiger partial charge >= 0.3 is 0 Å². The minimum Gasteiger partial charge on any atom is -0.457 e. The SMILES string of the molecule is ICC12COC3(c4cccc(Oc5ccccc5)c4)CCC13C2. The molecule has 0 amide bonds. The molecule has 3 aliphatic rings. The lowest BCUT2D eigenvalue weighted by atomic mass is 9.61. The molecule has 2 aromatic rings. The van der Waals surface area contributed by atoms with Crippen LogP contribution in [0, 0.1) is 10.8 Å². The van der Waals surface area contributed by atoms with Crippen molar-refractivity contribution in [2.24, 2.45) is 10.8 Å². The van der Waals surface area contributed by atoms with E-state index in [1.165, 1.54) is 22.8 Å². The Kier molecular flexibility index (Phi) is 2.94. The maximum absolute atomic E-state index is 6.42. The Hall–Kier alpha value is -1.07. The van der Waals surface area contributed by atoms with Crippen LogP contribution in [0.25, 0.3) is 0 Å². The zero-order chi connectivity index (χ0) is 15.5. The summed E-state index contributed by atoms with van der Waals surface area (Å²) in [6, 6.07) is 18.5. The van der Waals surface area contributed by atoms with E-state index in [1.54, 1.807) is 0 Å². The van der Waals surface area contributed by atoms with Crippen LogP contribution in [0.15, 0.2) is 54.6 Å². The van der Waals surface area contributed by atoms with Gasteiger partial charge in [-0.1, -0.05) is 52.9 Å². The molecule has 2 aliphatic carbocycles. The number of ether oxygens (including phenoxy) is 2. The summed E-state index contributed by atoms with van der Waals surface area (Å²) in [5.41, 5.74) is 2.12. The molecule has 23 heavy (non-hydrogen) atoms. The summed E-state index contributed by atoms with van der Waals surface area (Å²) in [7, 11) is 0. The smallest absolute Gasteiger partial charge is 0.127 e. The van der Waals surface area contributed by atoms with Crippen LogP contribution in [0.4, 0.5) is 0 Å². The highest BCUT2D eigenvalue weighted by Crippen LogP contribution is 2.86. The fourth-order valence-corrected chi connectivity index (χ4v) is 6.15. The van der Waals surface area contributed by atoms with Crippen LogP contribution in [0.1, 0.15) is 24.8 Å². The van der Waals surface area contributed by atoms with Crippen molar-refractivity contribution in [1.29, 1.82) is 0 Å². The molecular weight excluding hydrogens is 399 g/mol. The highest BCUT2D eigenvalue weighted by atomic mass is 127. The predicted octanol–water partition coefficient (Wildman–Crippen LogP) is 5.31. The molecule has 1 aliphatic heterocycles. The van der Waals surface area contributed by atoms with Crippen LogP contribution in [0.5, 0.6) is 11.5 Å². The fourth-order valence-electron chi connectivity index (χ4n) is 4.93. The zero-order valence-electron chi connectivity index (χ0n) is 12.9. The molecule has 0 bridgehead atoms. The van der Waals surface area contributed by atoms with Gasteiger partial charge in [-0.3, -0.25) is 0 Å². The van der Waals surface area contributed by atoms with Crippen LogP contribution in [-0.2, 0) is 10.3 Å². The molecule has 0 N–H and O–H groups in total. The van der Waals surface area contributed by atoms with E-state index in [0.717, 1.165) is 24.5 Å². The van der Waals surface area contributed by atoms with Gasteiger partial charge in [0.1, 0.15) is 11.5 Å². The topological polar surface area (TPSA) is 18.5 Å². The molecule has 1 saturated heterocycles. The van der Waals surface area contributed by atoms with Crippen LogP contribution < -0.4 is 4.74 Å². The number of rotatable bonds is 4. The molecule has 5 rings (SSSR count). The van der Waals surface area contributed by atoms with Crippen molar-refractivity contribution < 1.29 is 9.47 Å². The Morgan fingerprint density at radius 2 is 1.83 bits per heavy atom. The van der Waals surface area contributed by atoms with Gasteiger partial charge in [0.25, 0.3) is 0 Å². The third-order valence-corrected chi connectivity index (χ3v) is 7.80. The quantitative estimate of drug-likeness (QED) is 0.495. The van der Waals surface area contributed by atoms with Gasteiger partial charge in [0.2, 0.25) is 0 Å². The van der Waals surface area contributed by atoms with E-state index >= 15 is 0 Å². The van der Waals surface area contributed by atoms with Crippen molar-refractivity contribution in [3.8, 4) is 11.5 Å². The zero-order valence-corrected chi connectivity index (χ0v) is 15.1. The van der Waals surface area contributed by atoms with Crippen LogP contribution >= 0.6 is 22.6 Å². The Morgan fingerprint density at radius 1 is 1.00 bits per heavy atom. The molecule has 2 nitrogen and oxygen atoms in total. The van der Waals surface area contributed by atoms with E-state index in [0.29, 0.717) is 10.8 Å². The Morgan fingerprint density at radius 3 is 2.52 bits per heavy atom. The lowest BCUT2D eigenvalue weighted by molar-refractivity contribution is -0.125. The standard InChI is InChI=1S/C20H19IO2/c21-13-18-12-19(18)9-10-20(19,22-14-18)15-5-4-8-17(11-15)23-16-6-2-1-3-7-16/h1-8,11H,9-10,12-14H2. The molecular formula is C20H19IO2. The van der Waals surface area contributed by atoms with Crippen molar-refractivity contribution in [2.75, 3.05) is 11.0 Å². The molecule has 2 aromatic carbocycles. The van der Waals surface area contributed by atoms with E-state index in [4.69, 9.17) is 9.47 Å². The third-order valence-electron chi connectivity index (χ3n) is 6.34. The van der Waals surface area contributed by atoms with E-state index < -0.39 is 0 Å². The normalized spacial score (nSPS) is 36.7. The van der Waals surface area contributed by atoms with Crippen LogP contribution in [0.2, 0.25) is 0 Å². The van der Waals surface area contributed by atoms with E-state index in [-0.39, 0.29) is 5.60 Å². The van der Waals surface area contributed by atoms with Gasteiger partial charge in [-0.15, -0.1) is 0 Å². The van der Waals surface area contributed by atoms with Gasteiger partial charge < -0.3 is 9.47 Å². The third kappa shape index (κ3) is 1.73. The average Bonchev–Trinajstić information content (AvgIpc) is 3.24. The van der Waals surface area contributed by atoms with Crippen molar-refractivity contribution >= 4 is 22.6 Å². The van der Waals surface area contributed by atoms with Gasteiger partial charge in [-0.05, 0) is 49.1 Å². The first-order chi connectivity index (χ1) is 11.2. The molecule has 2 saturated carbocycles. The summed E-state index contributed by atoms with van der Waals surface area (Å²) in [5.74, 6) is 1.78. The number of hydrogen-bond acceptors (Lipinski definition) is 2. The molecule has 3 fully saturated rings. The minimum atomic E-state index is -0.0474. The van der Waals surface area contributed by atoms with Gasteiger partial charge in [0.15, 0.2) is 0 Å². The number of halogens is 1. The first-order valence-electron chi connectivity index (χ1n) is 8.27. The van der Waals surface area contributed by atoms with Gasteiger partial charge in [-0.25, -0.2) is 0 Å². The Labute approximate surface area is 150 Å². The van der Waals surface area contributed by atoms with E-state index in [9.17, 15) is 0 Å². The summed E-state index contributed by atoms with van der Waals surface area (Å²) in [5, 5.41) is 0. The van der Waals surface area contributed by atoms with Crippen molar-refractivity contribution in [3.63, 3.8) is 0 Å². The fraction of sp³-hybridized carbons (Fsp3) is 0.400. The van der Waals surface area contributed by atoms with Crippen LogP contribution in [-0.4, -0.2) is 11.0 Å². The Balaban J connectivity index is 1.48. The van der Waals surface area contributed by atoms with Crippen LogP contribution in [0.3, 0.4) is 0 Å². The molecule has 118 valence electrons. The number of benzene rings is 2. The van der Waals surface area contributed by atoms with Crippen molar-refractivity contribution in [3.05, 3.63) is 60.2 Å². The first kappa shape index (κ1) is 14.3. The maximum Gasteiger partial charge on any atom is 0.127 e. The average molecular weight is 418 g/mol. The highest BCUT2D eigenvalue weighted by Gasteiger charge is 2.84. The molecule has 0 aromatic heterocycles.